The number of hydrogen-bond donors (Lipinski definition) is 0. The van der Waals surface area contributed by atoms with Gasteiger partial charge >= 0.3 is 0 Å². The molecule has 0 fully saturated rings. The summed E-state index contributed by atoms with van der Waals surface area (Å²) < 4.78 is 5.65. The molecule has 0 radical (unpaired) electrons. The average Bonchev–Trinajstić information content (AvgIpc) is 2.40. The van der Waals surface area contributed by atoms with E-state index in [0.29, 0.717) is 0 Å². The number of anilines is 1. The van der Waals surface area contributed by atoms with E-state index in [4.69, 9.17) is 4.74 Å². The molecule has 1 heterocycles. The fourth-order valence-electron chi connectivity index (χ4n) is 2.19. The maximum Gasteiger partial charge on any atom is 0.142 e. The summed E-state index contributed by atoms with van der Waals surface area (Å²) in [6.45, 7) is 2.66. The molecule has 17 heavy (non-hydrogen) atoms. The molecule has 0 saturated heterocycles. The second-order valence-corrected chi connectivity index (χ2v) is 4.22. The Bertz CT molecular complexity index is 495. The van der Waals surface area contributed by atoms with Crippen LogP contribution >= 0.6 is 0 Å². The maximum absolute atomic E-state index is 5.65. The van der Waals surface area contributed by atoms with Gasteiger partial charge in [0.2, 0.25) is 0 Å². The largest absolute Gasteiger partial charge is 0.490 e. The summed E-state index contributed by atoms with van der Waals surface area (Å²) >= 11 is 0. The standard InChI is InChI=1S/C15H15NO/c1-2-6-13(7-3-1)12-16-10-11-17-15-9-5-4-8-14(15)16/h1-9H,10-12H2. The van der Waals surface area contributed by atoms with Gasteiger partial charge in [-0.25, -0.2) is 0 Å². The Kier molecular flexibility index (Phi) is 2.70. The molecule has 2 nitrogen and oxygen atoms in total. The molecule has 86 valence electrons. The number of nitrogens with zero attached hydrogens (tertiary/aromatic N) is 1. The van der Waals surface area contributed by atoms with E-state index in [2.05, 4.69) is 47.4 Å². The highest BCUT2D eigenvalue weighted by molar-refractivity contribution is 5.59. The Morgan fingerprint density at radius 3 is 2.59 bits per heavy atom. The molecule has 0 saturated carbocycles. The Balaban J connectivity index is 1.86. The molecule has 0 bridgehead atoms. The van der Waals surface area contributed by atoms with Crippen LogP contribution in [0.1, 0.15) is 5.56 Å². The first-order valence-corrected chi connectivity index (χ1v) is 5.94. The fraction of sp³-hybridized carbons (Fsp3) is 0.200. The van der Waals surface area contributed by atoms with Crippen LogP contribution in [-0.4, -0.2) is 13.2 Å². The molecule has 0 unspecified atom stereocenters. The molecule has 1 aliphatic rings. The minimum absolute atomic E-state index is 0.768. The summed E-state index contributed by atoms with van der Waals surface area (Å²) in [5, 5.41) is 0. The molecular formula is C15H15NO. The van der Waals surface area contributed by atoms with Crippen LogP contribution in [0.4, 0.5) is 5.69 Å². The lowest BCUT2D eigenvalue weighted by atomic mass is 10.1. The van der Waals surface area contributed by atoms with Gasteiger partial charge in [-0.15, -0.1) is 0 Å². The molecule has 0 amide bonds. The Labute approximate surface area is 101 Å². The zero-order valence-electron chi connectivity index (χ0n) is 9.67. The first kappa shape index (κ1) is 10.2. The van der Waals surface area contributed by atoms with E-state index in [-0.39, 0.29) is 0 Å². The lowest BCUT2D eigenvalue weighted by Crippen LogP contribution is -2.32. The molecular weight excluding hydrogens is 210 g/mol. The zero-order valence-corrected chi connectivity index (χ0v) is 9.67. The highest BCUT2D eigenvalue weighted by Gasteiger charge is 2.16. The molecule has 0 aromatic heterocycles. The van der Waals surface area contributed by atoms with Gasteiger partial charge < -0.3 is 9.64 Å². The Morgan fingerprint density at radius 2 is 1.71 bits per heavy atom. The van der Waals surface area contributed by atoms with Crippen LogP contribution in [0, 0.1) is 0 Å². The summed E-state index contributed by atoms with van der Waals surface area (Å²) in [5.74, 6) is 0.995. The van der Waals surface area contributed by atoms with Crippen LogP contribution in [0.25, 0.3) is 0 Å². The van der Waals surface area contributed by atoms with Crippen LogP contribution in [0.15, 0.2) is 54.6 Å². The van der Waals surface area contributed by atoms with E-state index < -0.39 is 0 Å². The number of para-hydroxylation sites is 2. The molecule has 1 aliphatic heterocycles. The van der Waals surface area contributed by atoms with Gasteiger partial charge in [-0.2, -0.15) is 0 Å². The molecule has 3 rings (SSSR count). The number of rotatable bonds is 2. The molecule has 2 aromatic rings. The number of benzene rings is 2. The quantitative estimate of drug-likeness (QED) is 0.778. The van der Waals surface area contributed by atoms with Crippen LogP contribution < -0.4 is 9.64 Å². The van der Waals surface area contributed by atoms with Crippen molar-refractivity contribution < 1.29 is 4.74 Å². The second kappa shape index (κ2) is 4.50. The highest BCUT2D eigenvalue weighted by Crippen LogP contribution is 2.31. The fourth-order valence-corrected chi connectivity index (χ4v) is 2.19. The van der Waals surface area contributed by atoms with E-state index in [0.717, 1.165) is 25.4 Å². The Hall–Kier alpha value is -1.96. The molecule has 0 aliphatic carbocycles. The van der Waals surface area contributed by atoms with Gasteiger partial charge in [0.25, 0.3) is 0 Å². The van der Waals surface area contributed by atoms with E-state index in [9.17, 15) is 0 Å². The summed E-state index contributed by atoms with van der Waals surface area (Å²) in [6.07, 6.45) is 0. The summed E-state index contributed by atoms with van der Waals surface area (Å²) in [5.41, 5.74) is 2.53. The smallest absolute Gasteiger partial charge is 0.142 e. The zero-order chi connectivity index (χ0) is 11.5. The van der Waals surface area contributed by atoms with Crippen molar-refractivity contribution in [2.75, 3.05) is 18.1 Å². The van der Waals surface area contributed by atoms with Crippen molar-refractivity contribution in [1.82, 2.24) is 0 Å². The van der Waals surface area contributed by atoms with Crippen molar-refractivity contribution in [3.05, 3.63) is 60.2 Å². The number of fused-ring (bicyclic) bond motifs is 1. The van der Waals surface area contributed by atoms with Gasteiger partial charge in [0.15, 0.2) is 0 Å². The van der Waals surface area contributed by atoms with Crippen LogP contribution in [-0.2, 0) is 6.54 Å². The topological polar surface area (TPSA) is 12.5 Å². The second-order valence-electron chi connectivity index (χ2n) is 4.22. The van der Waals surface area contributed by atoms with Crippen LogP contribution in [0.2, 0.25) is 0 Å². The molecule has 0 spiro atoms. The van der Waals surface area contributed by atoms with Gasteiger partial charge in [-0.1, -0.05) is 42.5 Å². The lowest BCUT2D eigenvalue weighted by molar-refractivity contribution is 0.307. The monoisotopic (exact) mass is 225 g/mol. The minimum atomic E-state index is 0.768. The lowest BCUT2D eigenvalue weighted by Gasteiger charge is -2.31. The Morgan fingerprint density at radius 1 is 0.941 bits per heavy atom. The summed E-state index contributed by atoms with van der Waals surface area (Å²) in [6, 6.07) is 18.8. The first-order chi connectivity index (χ1) is 8.43. The van der Waals surface area contributed by atoms with Crippen molar-refractivity contribution >= 4 is 5.69 Å². The molecule has 0 atom stereocenters. The third kappa shape index (κ3) is 2.11. The van der Waals surface area contributed by atoms with Gasteiger partial charge in [0.1, 0.15) is 12.4 Å². The van der Waals surface area contributed by atoms with E-state index in [1.165, 1.54) is 11.3 Å². The van der Waals surface area contributed by atoms with Gasteiger partial charge in [-0.05, 0) is 17.7 Å². The third-order valence-electron chi connectivity index (χ3n) is 3.04. The van der Waals surface area contributed by atoms with E-state index >= 15 is 0 Å². The van der Waals surface area contributed by atoms with E-state index in [1.807, 2.05) is 12.1 Å². The first-order valence-electron chi connectivity index (χ1n) is 5.94. The third-order valence-corrected chi connectivity index (χ3v) is 3.04. The minimum Gasteiger partial charge on any atom is -0.490 e. The average molecular weight is 225 g/mol. The summed E-state index contributed by atoms with van der Waals surface area (Å²) in [4.78, 5) is 2.37. The summed E-state index contributed by atoms with van der Waals surface area (Å²) in [7, 11) is 0. The van der Waals surface area contributed by atoms with Crippen molar-refractivity contribution in [2.24, 2.45) is 0 Å². The van der Waals surface area contributed by atoms with Gasteiger partial charge in [0.05, 0.1) is 12.2 Å². The van der Waals surface area contributed by atoms with Crippen molar-refractivity contribution in [3.63, 3.8) is 0 Å². The van der Waals surface area contributed by atoms with Crippen LogP contribution in [0.3, 0.4) is 0 Å². The molecule has 0 N–H and O–H groups in total. The highest BCUT2D eigenvalue weighted by atomic mass is 16.5. The number of ether oxygens (including phenoxy) is 1. The van der Waals surface area contributed by atoms with Gasteiger partial charge in [-0.3, -0.25) is 0 Å². The normalized spacial score (nSPS) is 14.0. The molecule has 2 heteroatoms. The molecule has 2 aromatic carbocycles. The predicted molar refractivity (Wildman–Crippen MR) is 69.4 cm³/mol. The predicted octanol–water partition coefficient (Wildman–Crippen LogP) is 3.09. The maximum atomic E-state index is 5.65. The number of hydrogen-bond acceptors (Lipinski definition) is 2. The van der Waals surface area contributed by atoms with Crippen molar-refractivity contribution in [2.45, 2.75) is 6.54 Å². The van der Waals surface area contributed by atoms with Gasteiger partial charge in [0, 0.05) is 6.54 Å². The van der Waals surface area contributed by atoms with E-state index in [1.54, 1.807) is 0 Å². The van der Waals surface area contributed by atoms with Crippen molar-refractivity contribution in [3.8, 4) is 5.75 Å². The SMILES string of the molecule is c1ccc(CN2CCOc3ccccc32)cc1. The van der Waals surface area contributed by atoms with Crippen LogP contribution in [0.5, 0.6) is 5.75 Å². The van der Waals surface area contributed by atoms with Crippen molar-refractivity contribution in [1.29, 1.82) is 0 Å².